The molecule has 4 heterocycles. The quantitative estimate of drug-likeness (QED) is 0.669. The number of β-amino-alcohol motifs (C(OH)–C–C–N with tert-alkyl or cyclic N) is 1. The third-order valence-electron chi connectivity index (χ3n) is 7.62. The molecule has 1 N–H and O–H groups in total. The summed E-state index contributed by atoms with van der Waals surface area (Å²) in [5.74, 6) is 1.34. The van der Waals surface area contributed by atoms with E-state index in [1.165, 1.54) is 12.7 Å². The van der Waals surface area contributed by atoms with Gasteiger partial charge in [0.1, 0.15) is 0 Å². The van der Waals surface area contributed by atoms with Crippen LogP contribution in [0.1, 0.15) is 27.9 Å². The van der Waals surface area contributed by atoms with Crippen LogP contribution in [0.25, 0.3) is 0 Å². The summed E-state index contributed by atoms with van der Waals surface area (Å²) >= 11 is 0. The van der Waals surface area contributed by atoms with Gasteiger partial charge in [-0.05, 0) is 41.8 Å². The zero-order valence-corrected chi connectivity index (χ0v) is 19.5. The monoisotopic (exact) mass is 465 g/mol. The summed E-state index contributed by atoms with van der Waals surface area (Å²) in [6, 6.07) is 14.3. The number of carbonyl (C=O) groups excluding carboxylic acids is 1. The number of fused-ring (bicyclic) bond motifs is 3. The highest BCUT2D eigenvalue weighted by molar-refractivity contribution is 5.89. The Morgan fingerprint density at radius 2 is 1.79 bits per heavy atom. The number of rotatable bonds is 5. The summed E-state index contributed by atoms with van der Waals surface area (Å²) in [4.78, 5) is 19.5. The molecule has 2 aromatic rings. The maximum Gasteiger partial charge on any atom is 0.337 e. The summed E-state index contributed by atoms with van der Waals surface area (Å²) in [5.41, 5.74) is 2.98. The van der Waals surface area contributed by atoms with Gasteiger partial charge in [0.2, 0.25) is 6.79 Å². The molecule has 0 saturated carbocycles. The van der Waals surface area contributed by atoms with Gasteiger partial charge >= 0.3 is 5.97 Å². The third-order valence-corrected chi connectivity index (χ3v) is 7.62. The Labute approximate surface area is 199 Å². The molecular weight excluding hydrogens is 434 g/mol. The number of hydrogen-bond acceptors (Lipinski definition) is 8. The van der Waals surface area contributed by atoms with Gasteiger partial charge in [0.15, 0.2) is 11.5 Å². The first kappa shape index (κ1) is 21.9. The van der Waals surface area contributed by atoms with Crippen LogP contribution in [0.3, 0.4) is 0 Å². The molecule has 4 aliphatic heterocycles. The van der Waals surface area contributed by atoms with Crippen molar-refractivity contribution in [3.8, 4) is 11.5 Å². The van der Waals surface area contributed by atoms with Gasteiger partial charge in [-0.1, -0.05) is 18.2 Å². The maximum atomic E-state index is 12.0. The Morgan fingerprint density at radius 3 is 2.65 bits per heavy atom. The number of hydrogen-bond donors (Lipinski definition) is 1. The van der Waals surface area contributed by atoms with Gasteiger partial charge in [0.25, 0.3) is 0 Å². The lowest BCUT2D eigenvalue weighted by Gasteiger charge is -2.61. The lowest BCUT2D eigenvalue weighted by molar-refractivity contribution is -0.118. The van der Waals surface area contributed by atoms with Crippen LogP contribution in [0.5, 0.6) is 11.5 Å². The number of aliphatic hydroxyl groups excluding tert-OH is 1. The van der Waals surface area contributed by atoms with E-state index in [9.17, 15) is 9.90 Å². The molecule has 1 spiro atoms. The van der Waals surface area contributed by atoms with Crippen molar-refractivity contribution in [2.75, 3.05) is 46.6 Å². The molecular formula is C26H31N3O5. The van der Waals surface area contributed by atoms with Crippen molar-refractivity contribution in [3.63, 3.8) is 0 Å². The van der Waals surface area contributed by atoms with Gasteiger partial charge in [0.05, 0.1) is 24.3 Å². The highest BCUT2D eigenvalue weighted by Crippen LogP contribution is 2.40. The fourth-order valence-corrected chi connectivity index (χ4v) is 6.29. The number of nitrogens with zero attached hydrogens (tertiary/aromatic N) is 3. The van der Waals surface area contributed by atoms with E-state index < -0.39 is 0 Å². The first-order valence-electron chi connectivity index (χ1n) is 12.0. The smallest absolute Gasteiger partial charge is 0.337 e. The topological polar surface area (TPSA) is 74.7 Å². The number of piperazine rings is 1. The van der Waals surface area contributed by atoms with Crippen molar-refractivity contribution < 1.29 is 24.1 Å². The number of ether oxygens (including phenoxy) is 3. The molecule has 4 aliphatic rings. The van der Waals surface area contributed by atoms with E-state index in [1.807, 2.05) is 18.2 Å². The minimum absolute atomic E-state index is 0.0523. The van der Waals surface area contributed by atoms with Crippen molar-refractivity contribution in [3.05, 3.63) is 59.2 Å². The SMILES string of the molecule is COC(=O)c1cccc(CN2CC3CC(O)CN3C3(C2)CN(Cc2ccc4c(c2)OCO4)C3)c1. The molecule has 2 aromatic carbocycles. The number of aliphatic hydroxyl groups is 1. The Balaban J connectivity index is 1.15. The average molecular weight is 466 g/mol. The molecule has 6 rings (SSSR count). The maximum absolute atomic E-state index is 12.0. The summed E-state index contributed by atoms with van der Waals surface area (Å²) in [6.45, 7) is 6.55. The molecule has 0 aromatic heterocycles. The highest BCUT2D eigenvalue weighted by atomic mass is 16.7. The minimum Gasteiger partial charge on any atom is -0.465 e. The Bertz CT molecular complexity index is 1090. The molecule has 0 bridgehead atoms. The van der Waals surface area contributed by atoms with E-state index in [0.29, 0.717) is 18.4 Å². The number of benzene rings is 2. The Hall–Kier alpha value is -2.65. The van der Waals surface area contributed by atoms with Crippen LogP contribution in [-0.4, -0.2) is 90.1 Å². The van der Waals surface area contributed by atoms with Crippen LogP contribution in [-0.2, 0) is 17.8 Å². The van der Waals surface area contributed by atoms with Crippen LogP contribution < -0.4 is 9.47 Å². The van der Waals surface area contributed by atoms with E-state index in [0.717, 1.165) is 69.3 Å². The zero-order chi connectivity index (χ0) is 23.3. The second kappa shape index (κ2) is 8.53. The molecule has 2 atom stereocenters. The second-order valence-electron chi connectivity index (χ2n) is 10.1. The van der Waals surface area contributed by atoms with Crippen LogP contribution in [0, 0.1) is 0 Å². The fourth-order valence-electron chi connectivity index (χ4n) is 6.29. The summed E-state index contributed by atoms with van der Waals surface area (Å²) < 4.78 is 15.9. The zero-order valence-electron chi connectivity index (χ0n) is 19.5. The van der Waals surface area contributed by atoms with E-state index in [2.05, 4.69) is 32.9 Å². The summed E-state index contributed by atoms with van der Waals surface area (Å²) in [5, 5.41) is 10.5. The molecule has 0 amide bonds. The molecule has 180 valence electrons. The van der Waals surface area contributed by atoms with Crippen LogP contribution in [0.2, 0.25) is 0 Å². The Kier molecular flexibility index (Phi) is 5.49. The van der Waals surface area contributed by atoms with Gasteiger partial charge in [0, 0.05) is 51.9 Å². The van der Waals surface area contributed by atoms with Crippen molar-refractivity contribution in [1.82, 2.24) is 14.7 Å². The predicted octanol–water partition coefficient (Wildman–Crippen LogP) is 1.71. The molecule has 0 aliphatic carbocycles. The molecule has 8 nitrogen and oxygen atoms in total. The normalized spacial score (nSPS) is 25.8. The molecule has 8 heteroatoms. The van der Waals surface area contributed by atoms with Crippen molar-refractivity contribution >= 4 is 5.97 Å². The van der Waals surface area contributed by atoms with E-state index in [1.54, 1.807) is 6.07 Å². The van der Waals surface area contributed by atoms with E-state index in [4.69, 9.17) is 14.2 Å². The van der Waals surface area contributed by atoms with Crippen LogP contribution >= 0.6 is 0 Å². The molecule has 0 radical (unpaired) electrons. The first-order valence-corrected chi connectivity index (χ1v) is 12.0. The lowest BCUT2D eigenvalue weighted by atomic mass is 9.83. The standard InChI is InChI=1S/C26H31N3O5/c1-32-25(31)20-4-2-3-18(7-20)10-27-12-21-9-22(30)13-29(21)26(14-27)15-28(16-26)11-19-5-6-23-24(8-19)34-17-33-23/h2-8,21-22,30H,9-17H2,1H3. The first-order chi connectivity index (χ1) is 16.5. The second-order valence-corrected chi connectivity index (χ2v) is 10.1. The minimum atomic E-state index is -0.305. The average Bonchev–Trinajstić information content (AvgIpc) is 3.43. The molecule has 3 saturated heterocycles. The van der Waals surface area contributed by atoms with E-state index in [-0.39, 0.29) is 17.6 Å². The summed E-state index contributed by atoms with van der Waals surface area (Å²) in [7, 11) is 1.41. The van der Waals surface area contributed by atoms with Crippen molar-refractivity contribution in [2.45, 2.75) is 37.2 Å². The molecule has 2 unspecified atom stereocenters. The lowest BCUT2D eigenvalue weighted by Crippen LogP contribution is -2.77. The Morgan fingerprint density at radius 1 is 1.03 bits per heavy atom. The van der Waals surface area contributed by atoms with Gasteiger partial charge < -0.3 is 19.3 Å². The van der Waals surface area contributed by atoms with Crippen molar-refractivity contribution in [1.29, 1.82) is 0 Å². The number of likely N-dealkylation sites (tertiary alicyclic amines) is 1. The van der Waals surface area contributed by atoms with Gasteiger partial charge in [-0.3, -0.25) is 14.7 Å². The third kappa shape index (κ3) is 3.94. The number of carbonyl (C=O) groups is 1. The largest absolute Gasteiger partial charge is 0.465 e. The van der Waals surface area contributed by atoms with Gasteiger partial charge in [-0.25, -0.2) is 4.79 Å². The highest BCUT2D eigenvalue weighted by Gasteiger charge is 2.55. The fraction of sp³-hybridized carbons (Fsp3) is 0.500. The summed E-state index contributed by atoms with van der Waals surface area (Å²) in [6.07, 6.45) is 0.565. The van der Waals surface area contributed by atoms with Crippen LogP contribution in [0.4, 0.5) is 0 Å². The predicted molar refractivity (Wildman–Crippen MR) is 125 cm³/mol. The van der Waals surface area contributed by atoms with Gasteiger partial charge in [-0.15, -0.1) is 0 Å². The number of esters is 1. The van der Waals surface area contributed by atoms with Crippen LogP contribution in [0.15, 0.2) is 42.5 Å². The van der Waals surface area contributed by atoms with E-state index >= 15 is 0 Å². The molecule has 34 heavy (non-hydrogen) atoms. The number of methoxy groups -OCH3 is 1. The molecule has 3 fully saturated rings. The van der Waals surface area contributed by atoms with Crippen molar-refractivity contribution in [2.24, 2.45) is 0 Å². The van der Waals surface area contributed by atoms with Gasteiger partial charge in [-0.2, -0.15) is 0 Å².